The highest BCUT2D eigenvalue weighted by Crippen LogP contribution is 2.23. The Bertz CT molecular complexity index is 1060. The Hall–Kier alpha value is -2.15. The maximum atomic E-state index is 14.0. The van der Waals surface area contributed by atoms with Gasteiger partial charge in [0.2, 0.25) is 11.9 Å². The zero-order valence-electron chi connectivity index (χ0n) is 15.9. The Kier molecular flexibility index (Phi) is 6.46. The average molecular weight is 518 g/mol. The van der Waals surface area contributed by atoms with E-state index in [1.807, 2.05) is 6.92 Å². The molecule has 0 spiro atoms. The van der Waals surface area contributed by atoms with Gasteiger partial charge in [0.05, 0.1) is 11.8 Å². The van der Waals surface area contributed by atoms with Crippen molar-refractivity contribution in [2.75, 3.05) is 12.8 Å². The minimum absolute atomic E-state index is 0.0227. The number of carbonyl (C=O) groups excluding carboxylic acids is 1. The van der Waals surface area contributed by atoms with Crippen LogP contribution in [0.2, 0.25) is 0 Å². The monoisotopic (exact) mass is 518 g/mol. The number of aryl methyl sites for hydroxylation is 1. The number of nitrogens with zero attached hydrogens (tertiary/aromatic N) is 5. The van der Waals surface area contributed by atoms with Crippen LogP contribution in [0, 0.1) is 11.6 Å². The molecule has 0 saturated heterocycles. The summed E-state index contributed by atoms with van der Waals surface area (Å²) in [6.07, 6.45) is 1.97. The molecule has 11 heteroatoms. The molecule has 29 heavy (non-hydrogen) atoms. The molecule has 2 aromatic heterocycles. The van der Waals surface area contributed by atoms with E-state index in [-0.39, 0.29) is 40.9 Å². The number of alkyl halides is 1. The molecule has 1 aromatic carbocycles. The van der Waals surface area contributed by atoms with Crippen LogP contribution in [0.5, 0.6) is 0 Å². The van der Waals surface area contributed by atoms with Gasteiger partial charge in [-0.2, -0.15) is 4.52 Å². The lowest BCUT2D eigenvalue weighted by Crippen LogP contribution is -2.36. The first kappa shape index (κ1) is 21.6. The molecule has 8 nitrogen and oxygen atoms in total. The lowest BCUT2D eigenvalue weighted by atomic mass is 10.1. The molecular formula is C18H21F2IN6O2. The van der Waals surface area contributed by atoms with Gasteiger partial charge in [-0.25, -0.2) is 18.7 Å². The molecule has 0 radical (unpaired) electrons. The number of rotatable bonds is 7. The van der Waals surface area contributed by atoms with E-state index in [0.717, 1.165) is 12.1 Å². The molecule has 1 amide bonds. The number of nitrogens with two attached hydrogens (primary N) is 1. The number of carbonyl (C=O) groups is 1. The minimum atomic E-state index is -0.808. The summed E-state index contributed by atoms with van der Waals surface area (Å²) >= 11 is 1.80. The smallest absolute Gasteiger partial charge is 0.225 e. The number of hydrogen-bond donors (Lipinski definition) is 2. The summed E-state index contributed by atoms with van der Waals surface area (Å²) in [6.45, 7) is 1.93. The third kappa shape index (κ3) is 4.71. The van der Waals surface area contributed by atoms with Crippen LogP contribution in [0.3, 0.4) is 0 Å². The second kappa shape index (κ2) is 8.69. The van der Waals surface area contributed by atoms with Crippen LogP contribution < -0.4 is 5.73 Å². The van der Waals surface area contributed by atoms with Crippen molar-refractivity contribution in [2.24, 2.45) is 0 Å². The van der Waals surface area contributed by atoms with E-state index in [2.05, 4.69) is 15.1 Å². The first-order valence-electron chi connectivity index (χ1n) is 9.05. The predicted octanol–water partition coefficient (Wildman–Crippen LogP) is 2.45. The van der Waals surface area contributed by atoms with E-state index >= 15 is 0 Å². The first-order chi connectivity index (χ1) is 13.7. The molecule has 2 heterocycles. The largest absolute Gasteiger partial charge is 0.382 e. The lowest BCUT2D eigenvalue weighted by molar-refractivity contribution is -0.132. The molecule has 2 atom stereocenters. The van der Waals surface area contributed by atoms with Crippen LogP contribution >= 0.6 is 22.6 Å². The van der Waals surface area contributed by atoms with Gasteiger partial charge in [-0.15, -0.1) is 5.10 Å². The highest BCUT2D eigenvalue weighted by Gasteiger charge is 2.19. The topological polar surface area (TPSA) is 110 Å². The molecule has 0 bridgehead atoms. The van der Waals surface area contributed by atoms with Crippen LogP contribution in [-0.2, 0) is 11.2 Å². The third-order valence-electron chi connectivity index (χ3n) is 4.78. The van der Waals surface area contributed by atoms with Crippen molar-refractivity contribution < 1.29 is 18.7 Å². The van der Waals surface area contributed by atoms with Crippen LogP contribution in [-0.4, -0.2) is 52.7 Å². The summed E-state index contributed by atoms with van der Waals surface area (Å²) in [5, 5.41) is 13.8. The van der Waals surface area contributed by atoms with Gasteiger partial charge in [0.15, 0.2) is 17.3 Å². The van der Waals surface area contributed by atoms with Crippen molar-refractivity contribution in [3.63, 3.8) is 0 Å². The number of aromatic nitrogens is 4. The van der Waals surface area contributed by atoms with Crippen molar-refractivity contribution in [3.05, 3.63) is 29.6 Å². The standard InChI is InChI=1S/C18H21F2IN6O2/c1-9(26(2)15(29)8-13(21)28)4-3-5-14-23-17-11-6-10(19)7-12(20)16(11)24-18(22)27(17)25-14/h6-7,9,13,28H,3-5,8H2,1-2H3,(H2,22,24)/t9-,13+/m0/s1. The summed E-state index contributed by atoms with van der Waals surface area (Å²) < 4.78 is 28.2. The average Bonchev–Trinajstić information content (AvgIpc) is 3.06. The summed E-state index contributed by atoms with van der Waals surface area (Å²) in [5.74, 6) is -1.23. The van der Waals surface area contributed by atoms with Crippen molar-refractivity contribution in [3.8, 4) is 0 Å². The van der Waals surface area contributed by atoms with E-state index in [1.165, 1.54) is 4.52 Å². The van der Waals surface area contributed by atoms with Gasteiger partial charge in [0.25, 0.3) is 0 Å². The molecule has 0 aliphatic carbocycles. The van der Waals surface area contributed by atoms with Crippen LogP contribution in [0.25, 0.3) is 16.6 Å². The SMILES string of the molecule is C[C@@H](CCCc1nc2c3cc(F)cc(F)c3nc(N)n2n1)N(C)C(=O)C[C@@H](O)I. The van der Waals surface area contributed by atoms with E-state index in [9.17, 15) is 18.7 Å². The van der Waals surface area contributed by atoms with Gasteiger partial charge in [-0.1, -0.05) is 22.6 Å². The molecule has 0 fully saturated rings. The quantitative estimate of drug-likeness (QED) is 0.368. The molecular weight excluding hydrogens is 497 g/mol. The van der Waals surface area contributed by atoms with Gasteiger partial charge in [0.1, 0.15) is 15.4 Å². The number of hydrogen-bond acceptors (Lipinski definition) is 6. The van der Waals surface area contributed by atoms with Crippen molar-refractivity contribution in [2.45, 2.75) is 42.8 Å². The van der Waals surface area contributed by atoms with Gasteiger partial charge in [0, 0.05) is 25.6 Å². The lowest BCUT2D eigenvalue weighted by Gasteiger charge is -2.25. The fourth-order valence-corrected chi connectivity index (χ4v) is 3.47. The van der Waals surface area contributed by atoms with E-state index in [4.69, 9.17) is 5.73 Å². The van der Waals surface area contributed by atoms with Crippen LogP contribution in [0.15, 0.2) is 12.1 Å². The van der Waals surface area contributed by atoms with Crippen LogP contribution in [0.1, 0.15) is 32.0 Å². The van der Waals surface area contributed by atoms with Crippen LogP contribution in [0.4, 0.5) is 14.7 Å². The van der Waals surface area contributed by atoms with Crippen molar-refractivity contribution in [1.82, 2.24) is 24.5 Å². The Balaban J connectivity index is 1.74. The summed E-state index contributed by atoms with van der Waals surface area (Å²) in [5.41, 5.74) is 6.05. The normalized spacial score (nSPS) is 13.7. The zero-order chi connectivity index (χ0) is 21.3. The first-order valence-corrected chi connectivity index (χ1v) is 10.3. The molecule has 0 aliphatic rings. The Morgan fingerprint density at radius 1 is 1.38 bits per heavy atom. The van der Waals surface area contributed by atoms with Gasteiger partial charge in [-0.3, -0.25) is 4.79 Å². The molecule has 3 rings (SSSR count). The highest BCUT2D eigenvalue weighted by atomic mass is 127. The summed E-state index contributed by atoms with van der Waals surface area (Å²) in [4.78, 5) is 22.0. The number of fused-ring (bicyclic) bond motifs is 3. The number of nitrogen functional groups attached to an aromatic ring is 1. The minimum Gasteiger partial charge on any atom is -0.382 e. The number of anilines is 1. The Morgan fingerprint density at radius 3 is 2.79 bits per heavy atom. The maximum Gasteiger partial charge on any atom is 0.225 e. The van der Waals surface area contributed by atoms with E-state index < -0.39 is 15.7 Å². The molecule has 0 saturated carbocycles. The number of benzene rings is 1. The number of aliphatic hydroxyl groups excluding tert-OH is 1. The molecule has 0 aliphatic heterocycles. The van der Waals surface area contributed by atoms with Crippen molar-refractivity contribution >= 4 is 51.0 Å². The Labute approximate surface area is 179 Å². The summed E-state index contributed by atoms with van der Waals surface area (Å²) in [6, 6.07) is 1.88. The molecule has 156 valence electrons. The molecule has 3 aromatic rings. The fourth-order valence-electron chi connectivity index (χ4n) is 3.09. The number of amides is 1. The molecule has 3 N–H and O–H groups in total. The fraction of sp³-hybridized carbons (Fsp3) is 0.444. The Morgan fingerprint density at radius 2 is 2.10 bits per heavy atom. The number of halogens is 3. The van der Waals surface area contributed by atoms with E-state index in [0.29, 0.717) is 25.1 Å². The second-order valence-electron chi connectivity index (χ2n) is 6.90. The second-order valence-corrected chi connectivity index (χ2v) is 8.34. The zero-order valence-corrected chi connectivity index (χ0v) is 18.1. The maximum absolute atomic E-state index is 14.0. The molecule has 0 unspecified atom stereocenters. The van der Waals surface area contributed by atoms with Gasteiger partial charge in [-0.05, 0) is 25.8 Å². The summed E-state index contributed by atoms with van der Waals surface area (Å²) in [7, 11) is 1.71. The highest BCUT2D eigenvalue weighted by molar-refractivity contribution is 14.1. The third-order valence-corrected chi connectivity index (χ3v) is 5.22. The number of aliphatic hydroxyl groups is 1. The van der Waals surface area contributed by atoms with E-state index in [1.54, 1.807) is 34.5 Å². The predicted molar refractivity (Wildman–Crippen MR) is 112 cm³/mol. The van der Waals surface area contributed by atoms with Crippen molar-refractivity contribution in [1.29, 1.82) is 0 Å². The van der Waals surface area contributed by atoms with Gasteiger partial charge >= 0.3 is 0 Å². The van der Waals surface area contributed by atoms with Gasteiger partial charge < -0.3 is 15.7 Å².